The Balaban J connectivity index is 1.29. The molecule has 1 amide bonds. The summed E-state index contributed by atoms with van der Waals surface area (Å²) in [6.07, 6.45) is 7.12. The van der Waals surface area contributed by atoms with Gasteiger partial charge in [0, 0.05) is 30.5 Å². The number of rotatable bonds is 6. The van der Waals surface area contributed by atoms with E-state index in [4.69, 9.17) is 4.74 Å². The van der Waals surface area contributed by atoms with Gasteiger partial charge in [0.25, 0.3) is 5.91 Å². The molecule has 32 heavy (non-hydrogen) atoms. The third-order valence-electron chi connectivity index (χ3n) is 5.38. The highest BCUT2D eigenvalue weighted by Gasteiger charge is 2.17. The molecule has 1 N–H and O–H groups in total. The largest absolute Gasteiger partial charge is 0.449 e. The molecule has 164 valence electrons. The molecule has 0 bridgehead atoms. The summed E-state index contributed by atoms with van der Waals surface area (Å²) in [5.74, 6) is -1.01. The third kappa shape index (κ3) is 5.49. The normalized spacial score (nSPS) is 15.0. The molecule has 1 unspecified atom stereocenters. The average molecular weight is 431 g/mol. The first-order valence-electron chi connectivity index (χ1n) is 10.8. The molecular weight excluding hydrogens is 404 g/mol. The molecule has 3 aromatic rings. The SMILES string of the molecule is CC(OC(=O)/C=C/c1cnc2ccccc2n1)C(=O)Nc1ccc(N2CCCCC2)cc1. The highest BCUT2D eigenvalue weighted by atomic mass is 16.5. The summed E-state index contributed by atoms with van der Waals surface area (Å²) >= 11 is 0. The minimum Gasteiger partial charge on any atom is -0.449 e. The number of carbonyl (C=O) groups is 2. The number of nitrogens with one attached hydrogen (secondary N) is 1. The van der Waals surface area contributed by atoms with Gasteiger partial charge in [0.1, 0.15) is 0 Å². The van der Waals surface area contributed by atoms with E-state index in [1.807, 2.05) is 48.5 Å². The van der Waals surface area contributed by atoms with Gasteiger partial charge in [-0.25, -0.2) is 9.78 Å². The lowest BCUT2D eigenvalue weighted by molar-refractivity contribution is -0.148. The molecule has 1 saturated heterocycles. The Hall–Kier alpha value is -3.74. The molecule has 2 heterocycles. The zero-order valence-corrected chi connectivity index (χ0v) is 18.0. The van der Waals surface area contributed by atoms with Crippen molar-refractivity contribution in [3.63, 3.8) is 0 Å². The topological polar surface area (TPSA) is 84.4 Å². The first-order valence-corrected chi connectivity index (χ1v) is 10.8. The van der Waals surface area contributed by atoms with Crippen LogP contribution in [0.2, 0.25) is 0 Å². The number of fused-ring (bicyclic) bond motifs is 1. The smallest absolute Gasteiger partial charge is 0.331 e. The molecule has 0 aliphatic carbocycles. The van der Waals surface area contributed by atoms with Crippen molar-refractivity contribution in [2.24, 2.45) is 0 Å². The van der Waals surface area contributed by atoms with Crippen molar-refractivity contribution < 1.29 is 14.3 Å². The number of carbonyl (C=O) groups excluding carboxylic acids is 2. The van der Waals surface area contributed by atoms with Crippen LogP contribution in [0.5, 0.6) is 0 Å². The predicted octanol–water partition coefficient (Wildman–Crippen LogP) is 4.20. The van der Waals surface area contributed by atoms with Gasteiger partial charge in [-0.3, -0.25) is 9.78 Å². The first kappa shape index (κ1) is 21.5. The van der Waals surface area contributed by atoms with Gasteiger partial charge in [0.05, 0.1) is 22.9 Å². The van der Waals surface area contributed by atoms with E-state index in [9.17, 15) is 9.59 Å². The molecule has 0 radical (unpaired) electrons. The number of amides is 1. The first-order chi connectivity index (χ1) is 15.6. The second kappa shape index (κ2) is 10.0. The van der Waals surface area contributed by atoms with Crippen LogP contribution in [0.4, 0.5) is 11.4 Å². The fourth-order valence-electron chi connectivity index (χ4n) is 3.62. The Labute approximate surface area is 187 Å². The molecule has 7 nitrogen and oxygen atoms in total. The van der Waals surface area contributed by atoms with Crippen molar-refractivity contribution in [1.82, 2.24) is 9.97 Å². The highest BCUT2D eigenvalue weighted by Crippen LogP contribution is 2.22. The van der Waals surface area contributed by atoms with Gasteiger partial charge in [-0.05, 0) is 68.7 Å². The van der Waals surface area contributed by atoms with Gasteiger partial charge < -0.3 is 15.0 Å². The summed E-state index contributed by atoms with van der Waals surface area (Å²) in [4.78, 5) is 35.6. The second-order valence-electron chi connectivity index (χ2n) is 7.78. The minimum absolute atomic E-state index is 0.386. The molecule has 1 atom stereocenters. The monoisotopic (exact) mass is 430 g/mol. The van der Waals surface area contributed by atoms with Crippen LogP contribution in [0.25, 0.3) is 17.1 Å². The zero-order valence-electron chi connectivity index (χ0n) is 18.0. The van der Waals surface area contributed by atoms with Crippen LogP contribution in [0.1, 0.15) is 31.9 Å². The maximum absolute atomic E-state index is 12.4. The van der Waals surface area contributed by atoms with Crippen LogP contribution in [0.3, 0.4) is 0 Å². The summed E-state index contributed by atoms with van der Waals surface area (Å²) < 4.78 is 5.22. The van der Waals surface area contributed by atoms with Crippen LogP contribution in [-0.4, -0.2) is 41.0 Å². The van der Waals surface area contributed by atoms with Crippen LogP contribution >= 0.6 is 0 Å². The maximum atomic E-state index is 12.4. The van der Waals surface area contributed by atoms with E-state index in [2.05, 4.69) is 20.2 Å². The Morgan fingerprint density at radius 2 is 1.75 bits per heavy atom. The van der Waals surface area contributed by atoms with Crippen molar-refractivity contribution in [3.05, 3.63) is 66.5 Å². The molecular formula is C25H26N4O3. The van der Waals surface area contributed by atoms with E-state index < -0.39 is 12.1 Å². The number of aromatic nitrogens is 2. The molecule has 4 rings (SSSR count). The molecule has 0 saturated carbocycles. The number of piperidine rings is 1. The van der Waals surface area contributed by atoms with Crippen LogP contribution in [-0.2, 0) is 14.3 Å². The Morgan fingerprint density at radius 3 is 2.50 bits per heavy atom. The number of esters is 1. The van der Waals surface area contributed by atoms with Crippen molar-refractivity contribution in [2.75, 3.05) is 23.3 Å². The zero-order chi connectivity index (χ0) is 22.3. The summed E-state index contributed by atoms with van der Waals surface area (Å²) in [7, 11) is 0. The number of ether oxygens (including phenoxy) is 1. The van der Waals surface area contributed by atoms with Crippen molar-refractivity contribution in [2.45, 2.75) is 32.3 Å². The highest BCUT2D eigenvalue weighted by molar-refractivity contribution is 5.96. The fourth-order valence-corrected chi connectivity index (χ4v) is 3.62. The van der Waals surface area contributed by atoms with Gasteiger partial charge in [-0.2, -0.15) is 0 Å². The number of hydrogen-bond acceptors (Lipinski definition) is 6. The fraction of sp³-hybridized carbons (Fsp3) is 0.280. The van der Waals surface area contributed by atoms with Gasteiger partial charge in [-0.15, -0.1) is 0 Å². The van der Waals surface area contributed by atoms with Crippen molar-refractivity contribution in [3.8, 4) is 0 Å². The summed E-state index contributed by atoms with van der Waals surface area (Å²) in [6, 6.07) is 15.2. The van der Waals surface area contributed by atoms with E-state index in [-0.39, 0.29) is 5.91 Å². The maximum Gasteiger partial charge on any atom is 0.331 e. The molecule has 1 aromatic heterocycles. The summed E-state index contributed by atoms with van der Waals surface area (Å²) in [5, 5.41) is 2.79. The van der Waals surface area contributed by atoms with Crippen LogP contribution in [0.15, 0.2) is 60.8 Å². The van der Waals surface area contributed by atoms with E-state index in [0.29, 0.717) is 11.4 Å². The molecule has 1 aliphatic heterocycles. The van der Waals surface area contributed by atoms with E-state index in [1.165, 1.54) is 31.4 Å². The van der Waals surface area contributed by atoms with E-state index >= 15 is 0 Å². The number of para-hydroxylation sites is 2. The average Bonchev–Trinajstić information content (AvgIpc) is 2.83. The van der Waals surface area contributed by atoms with Gasteiger partial charge in [0.15, 0.2) is 6.10 Å². The van der Waals surface area contributed by atoms with Gasteiger partial charge in [-0.1, -0.05) is 12.1 Å². The number of nitrogens with zero attached hydrogens (tertiary/aromatic N) is 3. The molecule has 7 heteroatoms. The van der Waals surface area contributed by atoms with Crippen molar-refractivity contribution >= 4 is 40.4 Å². The number of benzene rings is 2. The van der Waals surface area contributed by atoms with Crippen LogP contribution in [0, 0.1) is 0 Å². The minimum atomic E-state index is -0.934. The van der Waals surface area contributed by atoms with E-state index in [0.717, 1.165) is 29.8 Å². The van der Waals surface area contributed by atoms with E-state index in [1.54, 1.807) is 13.1 Å². The lowest BCUT2D eigenvalue weighted by atomic mass is 10.1. The summed E-state index contributed by atoms with van der Waals surface area (Å²) in [5.41, 5.74) is 3.87. The molecule has 2 aromatic carbocycles. The molecule has 1 aliphatic rings. The lowest BCUT2D eigenvalue weighted by Crippen LogP contribution is -2.30. The van der Waals surface area contributed by atoms with Crippen LogP contribution < -0.4 is 10.2 Å². The number of anilines is 2. The molecule has 1 fully saturated rings. The summed E-state index contributed by atoms with van der Waals surface area (Å²) in [6.45, 7) is 3.67. The standard InChI is InChI=1S/C25H26N4O3/c1-18(25(31)28-19-9-12-21(13-10-19)29-15-5-2-6-16-29)32-24(30)14-11-20-17-26-22-7-3-4-8-23(22)27-20/h3-4,7-14,17-18H,2,5-6,15-16H2,1H3,(H,28,31)/b14-11+. The van der Waals surface area contributed by atoms with Gasteiger partial charge >= 0.3 is 5.97 Å². The molecule has 0 spiro atoms. The Bertz CT molecular complexity index is 1120. The Kier molecular flexibility index (Phi) is 6.75. The quantitative estimate of drug-likeness (QED) is 0.466. The predicted molar refractivity (Wildman–Crippen MR) is 125 cm³/mol. The van der Waals surface area contributed by atoms with Gasteiger partial charge in [0.2, 0.25) is 0 Å². The number of hydrogen-bond donors (Lipinski definition) is 1. The van der Waals surface area contributed by atoms with Crippen molar-refractivity contribution in [1.29, 1.82) is 0 Å². The lowest BCUT2D eigenvalue weighted by Gasteiger charge is -2.28. The second-order valence-corrected chi connectivity index (χ2v) is 7.78. The third-order valence-corrected chi connectivity index (χ3v) is 5.38. The Morgan fingerprint density at radius 1 is 1.03 bits per heavy atom.